The van der Waals surface area contributed by atoms with E-state index in [0.29, 0.717) is 5.92 Å². The van der Waals surface area contributed by atoms with E-state index in [4.69, 9.17) is 9.47 Å². The highest BCUT2D eigenvalue weighted by atomic mass is 16.6. The van der Waals surface area contributed by atoms with Gasteiger partial charge in [0.05, 0.1) is 5.60 Å². The molecule has 106 valence electrons. The van der Waals surface area contributed by atoms with E-state index in [0.717, 1.165) is 12.2 Å². The third-order valence-corrected chi connectivity index (χ3v) is 3.80. The standard InChI is InChI=1S/C17H26O2/c1-12(2)13-9-7-8-10-14(13)18-15-11-16(3,4)19-17(15,5)6/h7-10,12,15H,11H2,1-6H3. The molecule has 0 aliphatic carbocycles. The van der Waals surface area contributed by atoms with Crippen LogP contribution in [0.2, 0.25) is 0 Å². The molecule has 1 unspecified atom stereocenters. The third-order valence-electron chi connectivity index (χ3n) is 3.80. The van der Waals surface area contributed by atoms with Crippen LogP contribution in [0.1, 0.15) is 59.4 Å². The summed E-state index contributed by atoms with van der Waals surface area (Å²) in [6, 6.07) is 8.32. The number of benzene rings is 1. The van der Waals surface area contributed by atoms with Gasteiger partial charge < -0.3 is 9.47 Å². The van der Waals surface area contributed by atoms with Crippen LogP contribution >= 0.6 is 0 Å². The lowest BCUT2D eigenvalue weighted by Crippen LogP contribution is -2.36. The van der Waals surface area contributed by atoms with Gasteiger partial charge in [0.2, 0.25) is 0 Å². The summed E-state index contributed by atoms with van der Waals surface area (Å²) < 4.78 is 12.4. The van der Waals surface area contributed by atoms with Crippen LogP contribution in [0.4, 0.5) is 0 Å². The summed E-state index contributed by atoms with van der Waals surface area (Å²) in [5, 5.41) is 0. The Labute approximate surface area is 117 Å². The second-order valence-electron chi connectivity index (χ2n) is 6.97. The highest BCUT2D eigenvalue weighted by Gasteiger charge is 2.47. The molecule has 1 aromatic carbocycles. The molecule has 19 heavy (non-hydrogen) atoms. The van der Waals surface area contributed by atoms with Crippen molar-refractivity contribution in [3.8, 4) is 5.75 Å². The van der Waals surface area contributed by atoms with Gasteiger partial charge in [-0.3, -0.25) is 0 Å². The van der Waals surface area contributed by atoms with Crippen molar-refractivity contribution in [2.75, 3.05) is 0 Å². The zero-order valence-electron chi connectivity index (χ0n) is 13.0. The Hall–Kier alpha value is -1.02. The summed E-state index contributed by atoms with van der Waals surface area (Å²) in [6.45, 7) is 12.9. The number of hydrogen-bond acceptors (Lipinski definition) is 2. The van der Waals surface area contributed by atoms with Crippen molar-refractivity contribution in [2.24, 2.45) is 0 Å². The van der Waals surface area contributed by atoms with Crippen LogP contribution in [-0.2, 0) is 4.74 Å². The Morgan fingerprint density at radius 1 is 1.16 bits per heavy atom. The fourth-order valence-electron chi connectivity index (χ4n) is 2.91. The number of hydrogen-bond donors (Lipinski definition) is 0. The molecule has 1 atom stereocenters. The van der Waals surface area contributed by atoms with E-state index in [1.165, 1.54) is 5.56 Å². The predicted molar refractivity (Wildman–Crippen MR) is 78.8 cm³/mol. The fourth-order valence-corrected chi connectivity index (χ4v) is 2.91. The Bertz CT molecular complexity index is 446. The summed E-state index contributed by atoms with van der Waals surface area (Å²) in [5.41, 5.74) is 0.914. The zero-order valence-corrected chi connectivity index (χ0v) is 13.0. The molecular weight excluding hydrogens is 236 g/mol. The van der Waals surface area contributed by atoms with Crippen LogP contribution in [-0.4, -0.2) is 17.3 Å². The Morgan fingerprint density at radius 3 is 2.32 bits per heavy atom. The number of ether oxygens (including phenoxy) is 2. The van der Waals surface area contributed by atoms with Gasteiger partial charge in [-0.15, -0.1) is 0 Å². The van der Waals surface area contributed by atoms with E-state index < -0.39 is 0 Å². The molecule has 1 heterocycles. The molecule has 2 nitrogen and oxygen atoms in total. The molecule has 0 saturated carbocycles. The maximum atomic E-state index is 6.29. The zero-order chi connectivity index (χ0) is 14.3. The fraction of sp³-hybridized carbons (Fsp3) is 0.647. The first-order chi connectivity index (χ1) is 8.71. The van der Waals surface area contributed by atoms with Crippen LogP contribution in [0.25, 0.3) is 0 Å². The van der Waals surface area contributed by atoms with Gasteiger partial charge in [-0.05, 0) is 45.2 Å². The van der Waals surface area contributed by atoms with Crippen molar-refractivity contribution in [3.05, 3.63) is 29.8 Å². The summed E-state index contributed by atoms with van der Waals surface area (Å²) in [7, 11) is 0. The summed E-state index contributed by atoms with van der Waals surface area (Å²) in [4.78, 5) is 0. The molecule has 0 aromatic heterocycles. The molecule has 0 radical (unpaired) electrons. The van der Waals surface area contributed by atoms with E-state index in [9.17, 15) is 0 Å². The predicted octanol–water partition coefficient (Wildman–Crippen LogP) is 4.53. The normalized spacial score (nSPS) is 24.7. The SMILES string of the molecule is CC(C)c1ccccc1OC1CC(C)(C)OC1(C)C. The Kier molecular flexibility index (Phi) is 3.65. The minimum Gasteiger partial charge on any atom is -0.487 e. The van der Waals surface area contributed by atoms with Crippen molar-refractivity contribution in [2.45, 2.75) is 71.2 Å². The molecule has 0 spiro atoms. The second kappa shape index (κ2) is 4.82. The van der Waals surface area contributed by atoms with Gasteiger partial charge in [-0.1, -0.05) is 32.0 Å². The molecule has 0 amide bonds. The molecule has 1 saturated heterocycles. The Balaban J connectivity index is 2.22. The first kappa shape index (κ1) is 14.4. The average molecular weight is 262 g/mol. The lowest BCUT2D eigenvalue weighted by molar-refractivity contribution is -0.0847. The Morgan fingerprint density at radius 2 is 1.79 bits per heavy atom. The molecule has 0 N–H and O–H groups in total. The largest absolute Gasteiger partial charge is 0.487 e. The highest BCUT2D eigenvalue weighted by molar-refractivity contribution is 5.36. The van der Waals surface area contributed by atoms with Gasteiger partial charge in [0, 0.05) is 6.42 Å². The molecule has 2 rings (SSSR count). The topological polar surface area (TPSA) is 18.5 Å². The van der Waals surface area contributed by atoms with Crippen molar-refractivity contribution in [1.82, 2.24) is 0 Å². The van der Waals surface area contributed by atoms with Gasteiger partial charge in [0.15, 0.2) is 0 Å². The molecule has 1 aliphatic heterocycles. The molecule has 1 aliphatic rings. The van der Waals surface area contributed by atoms with Crippen LogP contribution < -0.4 is 4.74 Å². The molecule has 0 bridgehead atoms. The maximum Gasteiger partial charge on any atom is 0.130 e. The van der Waals surface area contributed by atoms with Gasteiger partial charge >= 0.3 is 0 Å². The maximum absolute atomic E-state index is 6.29. The van der Waals surface area contributed by atoms with E-state index in [-0.39, 0.29) is 17.3 Å². The summed E-state index contributed by atoms with van der Waals surface area (Å²) >= 11 is 0. The minimum atomic E-state index is -0.242. The molecule has 2 heteroatoms. The monoisotopic (exact) mass is 262 g/mol. The highest BCUT2D eigenvalue weighted by Crippen LogP contribution is 2.40. The molecule has 1 aromatic rings. The van der Waals surface area contributed by atoms with Gasteiger partial charge in [-0.25, -0.2) is 0 Å². The first-order valence-electron chi connectivity index (χ1n) is 7.17. The van der Waals surface area contributed by atoms with Crippen molar-refractivity contribution in [3.63, 3.8) is 0 Å². The van der Waals surface area contributed by atoms with Gasteiger partial charge in [-0.2, -0.15) is 0 Å². The van der Waals surface area contributed by atoms with E-state index in [1.807, 2.05) is 6.07 Å². The molecule has 1 fully saturated rings. The minimum absolute atomic E-state index is 0.0994. The van der Waals surface area contributed by atoms with Crippen LogP contribution in [0.15, 0.2) is 24.3 Å². The second-order valence-corrected chi connectivity index (χ2v) is 6.97. The smallest absolute Gasteiger partial charge is 0.130 e. The van der Waals surface area contributed by atoms with Crippen molar-refractivity contribution < 1.29 is 9.47 Å². The lowest BCUT2D eigenvalue weighted by atomic mass is 9.96. The van der Waals surface area contributed by atoms with Gasteiger partial charge in [0.25, 0.3) is 0 Å². The van der Waals surface area contributed by atoms with E-state index in [1.54, 1.807) is 0 Å². The van der Waals surface area contributed by atoms with Crippen LogP contribution in [0.3, 0.4) is 0 Å². The number of para-hydroxylation sites is 1. The number of rotatable bonds is 3. The molecular formula is C17H26O2. The lowest BCUT2D eigenvalue weighted by Gasteiger charge is -2.28. The quantitative estimate of drug-likeness (QED) is 0.796. The van der Waals surface area contributed by atoms with Gasteiger partial charge in [0.1, 0.15) is 17.5 Å². The van der Waals surface area contributed by atoms with Crippen LogP contribution in [0, 0.1) is 0 Å². The van der Waals surface area contributed by atoms with Crippen molar-refractivity contribution in [1.29, 1.82) is 0 Å². The van der Waals surface area contributed by atoms with Crippen molar-refractivity contribution >= 4 is 0 Å². The van der Waals surface area contributed by atoms with E-state index in [2.05, 4.69) is 59.7 Å². The van der Waals surface area contributed by atoms with Crippen LogP contribution in [0.5, 0.6) is 5.75 Å². The summed E-state index contributed by atoms with van der Waals surface area (Å²) in [6.07, 6.45) is 1.02. The first-order valence-corrected chi connectivity index (χ1v) is 7.17. The summed E-state index contributed by atoms with van der Waals surface area (Å²) in [5.74, 6) is 1.46. The average Bonchev–Trinajstić information content (AvgIpc) is 2.47. The van der Waals surface area contributed by atoms with E-state index >= 15 is 0 Å². The third kappa shape index (κ3) is 3.11.